The number of hydrogen-bond donors (Lipinski definition) is 2. The quantitative estimate of drug-likeness (QED) is 0.416. The van der Waals surface area contributed by atoms with Crippen LogP contribution in [-0.2, 0) is 14.6 Å². The highest BCUT2D eigenvalue weighted by atomic mass is 32.2. The number of rotatable bonds is 9. The molecule has 1 heterocycles. The number of carbonyl (C=O) groups excluding carboxylic acids is 1. The minimum absolute atomic E-state index is 0.0499. The Morgan fingerprint density at radius 3 is 2.31 bits per heavy atom. The first-order chi connectivity index (χ1) is 16.8. The van der Waals surface area contributed by atoms with Crippen molar-refractivity contribution in [2.45, 2.75) is 18.7 Å². The van der Waals surface area contributed by atoms with E-state index in [1.165, 1.54) is 12.1 Å². The van der Waals surface area contributed by atoms with E-state index in [9.17, 15) is 17.6 Å². The predicted molar refractivity (Wildman–Crippen MR) is 138 cm³/mol. The Balaban J connectivity index is 1.66. The van der Waals surface area contributed by atoms with Crippen LogP contribution in [0, 0.1) is 5.82 Å². The fourth-order valence-electron chi connectivity index (χ4n) is 4.07. The van der Waals surface area contributed by atoms with E-state index in [1.807, 2.05) is 44.2 Å². The average Bonchev–Trinajstić information content (AvgIpc) is 3.18. The van der Waals surface area contributed by atoms with Gasteiger partial charge < -0.3 is 15.5 Å². The lowest BCUT2D eigenvalue weighted by atomic mass is 10.00. The second-order valence-corrected chi connectivity index (χ2v) is 10.4. The van der Waals surface area contributed by atoms with Gasteiger partial charge in [-0.25, -0.2) is 12.8 Å². The Bertz CT molecular complexity index is 1350. The smallest absolute Gasteiger partial charge is 0.258 e. The van der Waals surface area contributed by atoms with Crippen molar-refractivity contribution in [3.8, 4) is 0 Å². The van der Waals surface area contributed by atoms with Gasteiger partial charge in [0, 0.05) is 17.8 Å². The van der Waals surface area contributed by atoms with E-state index in [0.29, 0.717) is 34.8 Å². The third kappa shape index (κ3) is 5.44. The van der Waals surface area contributed by atoms with Crippen molar-refractivity contribution in [1.29, 1.82) is 0 Å². The summed E-state index contributed by atoms with van der Waals surface area (Å²) >= 11 is 0. The lowest BCUT2D eigenvalue weighted by Gasteiger charge is -2.18. The number of benzene rings is 3. The van der Waals surface area contributed by atoms with Gasteiger partial charge in [-0.3, -0.25) is 4.79 Å². The lowest BCUT2D eigenvalue weighted by molar-refractivity contribution is -0.110. The standard InChI is InChI=1S/C27H28FN3O3S/c1-3-31(4-2)16-17-35(33,34)22-13-11-21(12-14-22)29-26(19-8-6-5-7-9-19)25-23-15-10-20(28)18-24(23)30-27(25)32/h5-15,18,29H,3-4,16-17H2,1-2H3,(H,30,32). The van der Waals surface area contributed by atoms with Gasteiger partial charge in [-0.15, -0.1) is 0 Å². The summed E-state index contributed by atoms with van der Waals surface area (Å²) in [5.41, 5.74) is 3.34. The number of anilines is 2. The van der Waals surface area contributed by atoms with Crippen LogP contribution < -0.4 is 10.6 Å². The molecule has 35 heavy (non-hydrogen) atoms. The molecule has 0 saturated carbocycles. The van der Waals surface area contributed by atoms with Crippen LogP contribution in [0.3, 0.4) is 0 Å². The van der Waals surface area contributed by atoms with Crippen molar-refractivity contribution in [2.24, 2.45) is 0 Å². The van der Waals surface area contributed by atoms with Crippen molar-refractivity contribution in [3.05, 3.63) is 89.7 Å². The molecular weight excluding hydrogens is 465 g/mol. The summed E-state index contributed by atoms with van der Waals surface area (Å²) in [4.78, 5) is 15.2. The van der Waals surface area contributed by atoms with Crippen LogP contribution in [-0.4, -0.2) is 44.6 Å². The van der Waals surface area contributed by atoms with E-state index in [1.54, 1.807) is 30.3 Å². The summed E-state index contributed by atoms with van der Waals surface area (Å²) < 4.78 is 39.3. The zero-order chi connectivity index (χ0) is 25.0. The summed E-state index contributed by atoms with van der Waals surface area (Å²) in [5, 5.41) is 6.02. The SMILES string of the molecule is CCN(CC)CCS(=O)(=O)c1ccc(NC(=C2C(=O)Nc3cc(F)ccc32)c2ccccc2)cc1. The summed E-state index contributed by atoms with van der Waals surface area (Å²) in [6.07, 6.45) is 0. The minimum Gasteiger partial charge on any atom is -0.354 e. The number of fused-ring (bicyclic) bond motifs is 1. The lowest BCUT2D eigenvalue weighted by Crippen LogP contribution is -2.29. The first kappa shape index (κ1) is 24.6. The summed E-state index contributed by atoms with van der Waals surface area (Å²) in [7, 11) is -3.42. The predicted octanol–water partition coefficient (Wildman–Crippen LogP) is 4.87. The van der Waals surface area contributed by atoms with Crippen LogP contribution in [0.1, 0.15) is 25.0 Å². The number of nitrogens with zero attached hydrogens (tertiary/aromatic N) is 1. The van der Waals surface area contributed by atoms with Gasteiger partial charge in [-0.05, 0) is 61.1 Å². The zero-order valence-corrected chi connectivity index (χ0v) is 20.5. The van der Waals surface area contributed by atoms with Crippen LogP contribution in [0.4, 0.5) is 15.8 Å². The number of nitrogens with one attached hydrogen (secondary N) is 2. The highest BCUT2D eigenvalue weighted by Gasteiger charge is 2.29. The maximum Gasteiger partial charge on any atom is 0.258 e. The summed E-state index contributed by atoms with van der Waals surface area (Å²) in [6.45, 7) is 6.10. The van der Waals surface area contributed by atoms with Crippen LogP contribution in [0.25, 0.3) is 11.3 Å². The van der Waals surface area contributed by atoms with Gasteiger partial charge in [0.2, 0.25) is 0 Å². The van der Waals surface area contributed by atoms with Gasteiger partial charge in [0.1, 0.15) is 5.82 Å². The molecule has 0 spiro atoms. The fourth-order valence-corrected chi connectivity index (χ4v) is 5.36. The van der Waals surface area contributed by atoms with Gasteiger partial charge >= 0.3 is 0 Å². The van der Waals surface area contributed by atoms with Crippen molar-refractivity contribution in [1.82, 2.24) is 4.90 Å². The Hall–Kier alpha value is -3.49. The molecule has 1 aliphatic heterocycles. The third-order valence-electron chi connectivity index (χ3n) is 6.09. The normalized spacial score (nSPS) is 14.6. The second-order valence-electron chi connectivity index (χ2n) is 8.26. The van der Waals surface area contributed by atoms with E-state index in [2.05, 4.69) is 15.5 Å². The molecule has 2 N–H and O–H groups in total. The first-order valence-corrected chi connectivity index (χ1v) is 13.2. The number of hydrogen-bond acceptors (Lipinski definition) is 5. The van der Waals surface area contributed by atoms with Crippen LogP contribution in [0.2, 0.25) is 0 Å². The van der Waals surface area contributed by atoms with E-state index < -0.39 is 15.7 Å². The third-order valence-corrected chi connectivity index (χ3v) is 7.80. The van der Waals surface area contributed by atoms with Crippen molar-refractivity contribution < 1.29 is 17.6 Å². The number of sulfone groups is 1. The average molecular weight is 494 g/mol. The molecule has 3 aromatic carbocycles. The molecule has 6 nitrogen and oxygen atoms in total. The maximum atomic E-state index is 13.7. The first-order valence-electron chi connectivity index (χ1n) is 11.6. The highest BCUT2D eigenvalue weighted by molar-refractivity contribution is 7.91. The topological polar surface area (TPSA) is 78.5 Å². The fraction of sp³-hybridized carbons (Fsp3) is 0.222. The number of amides is 1. The highest BCUT2D eigenvalue weighted by Crippen LogP contribution is 2.37. The zero-order valence-electron chi connectivity index (χ0n) is 19.7. The molecule has 0 atom stereocenters. The molecule has 4 rings (SSSR count). The molecule has 0 aliphatic carbocycles. The Labute approximate surface area is 205 Å². The van der Waals surface area contributed by atoms with E-state index in [4.69, 9.17) is 0 Å². The number of carbonyl (C=O) groups is 1. The molecule has 0 fully saturated rings. The van der Waals surface area contributed by atoms with E-state index in [0.717, 1.165) is 18.7 Å². The molecule has 3 aromatic rings. The van der Waals surface area contributed by atoms with Gasteiger partial charge in [-0.2, -0.15) is 0 Å². The molecule has 1 aliphatic rings. The van der Waals surface area contributed by atoms with Gasteiger partial charge in [-0.1, -0.05) is 44.2 Å². The van der Waals surface area contributed by atoms with Crippen LogP contribution >= 0.6 is 0 Å². The van der Waals surface area contributed by atoms with E-state index >= 15 is 0 Å². The van der Waals surface area contributed by atoms with Crippen molar-refractivity contribution >= 4 is 38.4 Å². The second kappa shape index (κ2) is 10.4. The largest absolute Gasteiger partial charge is 0.354 e. The molecule has 0 saturated heterocycles. The molecule has 182 valence electrons. The van der Waals surface area contributed by atoms with Gasteiger partial charge in [0.25, 0.3) is 5.91 Å². The maximum absolute atomic E-state index is 13.7. The van der Waals surface area contributed by atoms with Crippen molar-refractivity contribution in [2.75, 3.05) is 36.0 Å². The number of halogens is 1. The molecule has 0 radical (unpaired) electrons. The molecule has 1 amide bonds. The van der Waals surface area contributed by atoms with Crippen LogP contribution in [0.15, 0.2) is 77.7 Å². The molecule has 0 bridgehead atoms. The summed E-state index contributed by atoms with van der Waals surface area (Å²) in [5.74, 6) is -0.723. The Morgan fingerprint density at radius 1 is 0.971 bits per heavy atom. The van der Waals surface area contributed by atoms with Gasteiger partial charge in [0.15, 0.2) is 9.84 Å². The minimum atomic E-state index is -3.42. The molecule has 8 heteroatoms. The molecule has 0 aromatic heterocycles. The van der Waals surface area contributed by atoms with E-state index in [-0.39, 0.29) is 16.6 Å². The monoisotopic (exact) mass is 493 g/mol. The molecule has 0 unspecified atom stereocenters. The molecular formula is C27H28FN3O3S. The summed E-state index contributed by atoms with van der Waals surface area (Å²) in [6, 6.07) is 20.1. The van der Waals surface area contributed by atoms with Crippen molar-refractivity contribution in [3.63, 3.8) is 0 Å². The van der Waals surface area contributed by atoms with Crippen LogP contribution in [0.5, 0.6) is 0 Å². The van der Waals surface area contributed by atoms with Gasteiger partial charge in [0.05, 0.1) is 27.6 Å². The Kier molecular flexibility index (Phi) is 7.33. The Morgan fingerprint density at radius 2 is 1.66 bits per heavy atom.